The number of aryl methyl sites for hydroxylation is 1. The van der Waals surface area contributed by atoms with Crippen molar-refractivity contribution in [1.82, 2.24) is 25.5 Å². The van der Waals surface area contributed by atoms with Gasteiger partial charge in [0, 0.05) is 14.2 Å². The second-order valence-electron chi connectivity index (χ2n) is 9.18. The van der Waals surface area contributed by atoms with Crippen LogP contribution in [0, 0.1) is 17.8 Å². The van der Waals surface area contributed by atoms with Crippen molar-refractivity contribution in [3.8, 4) is 5.75 Å². The van der Waals surface area contributed by atoms with Crippen LogP contribution in [0.5, 0.6) is 5.75 Å². The highest BCUT2D eigenvalue weighted by Gasteiger charge is 2.57. The van der Waals surface area contributed by atoms with Crippen LogP contribution in [0.1, 0.15) is 28.2 Å². The molecule has 5 rings (SSSR count). The van der Waals surface area contributed by atoms with Crippen molar-refractivity contribution in [2.45, 2.75) is 25.6 Å². The molecular formula is C25H29N5O5. The molecule has 1 aliphatic heterocycles. The number of rotatable bonds is 9. The first kappa shape index (κ1) is 23.1. The van der Waals surface area contributed by atoms with E-state index in [1.165, 1.54) is 4.68 Å². The molecule has 1 fully saturated rings. The zero-order chi connectivity index (χ0) is 24.7. The smallest absolute Gasteiger partial charge is 0.307 e. The Kier molecular flexibility index (Phi) is 6.08. The van der Waals surface area contributed by atoms with Gasteiger partial charge in [0.2, 0.25) is 0 Å². The van der Waals surface area contributed by atoms with Crippen LogP contribution < -0.4 is 15.5 Å². The summed E-state index contributed by atoms with van der Waals surface area (Å²) in [6.07, 6.45) is 4.82. The number of nitrogens with zero attached hydrogens (tertiary/aromatic N) is 3. The Bertz CT molecular complexity index is 1200. The number of fused-ring (bicyclic) bond motifs is 1. The summed E-state index contributed by atoms with van der Waals surface area (Å²) >= 11 is 0. The molecule has 10 nitrogen and oxygen atoms in total. The maximum atomic E-state index is 13.1. The number of hydrogen-bond donors (Lipinski definition) is 3. The standard InChI is InChI=1S/C25H29N5O5/c1-29-21(10-16(27-29)13-34-2)24(31)26-22-11-20(15-8-18-19(9-15)23(18)25(32)33)28-30(22)12-14-4-6-17(35-3)7-5-14/h4-8,10-11,18-20,23,28H,9,12-13H2,1-3H3,(H,26,31)(H,32,33)/t18-,19+,20?,23+/m1/s1. The van der Waals surface area contributed by atoms with E-state index in [9.17, 15) is 14.7 Å². The molecular weight excluding hydrogens is 450 g/mol. The topological polar surface area (TPSA) is 118 Å². The van der Waals surface area contributed by atoms with Crippen molar-refractivity contribution >= 4 is 11.9 Å². The van der Waals surface area contributed by atoms with Gasteiger partial charge in [-0.15, -0.1) is 0 Å². The Morgan fingerprint density at radius 3 is 2.63 bits per heavy atom. The zero-order valence-electron chi connectivity index (χ0n) is 19.9. The van der Waals surface area contributed by atoms with E-state index in [2.05, 4.69) is 21.9 Å². The van der Waals surface area contributed by atoms with Crippen LogP contribution in [0.3, 0.4) is 0 Å². The van der Waals surface area contributed by atoms with Crippen molar-refractivity contribution < 1.29 is 24.2 Å². The second kappa shape index (κ2) is 9.20. The number of methoxy groups -OCH3 is 2. The number of aromatic nitrogens is 2. The van der Waals surface area contributed by atoms with E-state index in [1.54, 1.807) is 27.3 Å². The fourth-order valence-corrected chi connectivity index (χ4v) is 5.06. The van der Waals surface area contributed by atoms with Crippen molar-refractivity contribution in [2.75, 3.05) is 14.2 Å². The fourth-order valence-electron chi connectivity index (χ4n) is 5.06. The Balaban J connectivity index is 1.35. The first-order valence-electron chi connectivity index (χ1n) is 11.5. The van der Waals surface area contributed by atoms with E-state index >= 15 is 0 Å². The summed E-state index contributed by atoms with van der Waals surface area (Å²) in [5.74, 6) is 0.455. The van der Waals surface area contributed by atoms with Crippen LogP contribution in [0.2, 0.25) is 0 Å². The Morgan fingerprint density at radius 2 is 2.00 bits per heavy atom. The van der Waals surface area contributed by atoms with Gasteiger partial charge in [-0.2, -0.15) is 5.10 Å². The monoisotopic (exact) mass is 479 g/mol. The fraction of sp³-hybridized carbons (Fsp3) is 0.400. The first-order valence-corrected chi connectivity index (χ1v) is 11.5. The van der Waals surface area contributed by atoms with Gasteiger partial charge in [-0.1, -0.05) is 23.8 Å². The van der Waals surface area contributed by atoms with Crippen molar-refractivity contribution in [3.63, 3.8) is 0 Å². The number of carboxylic acid groups (broad SMARTS) is 1. The van der Waals surface area contributed by atoms with Gasteiger partial charge in [-0.05, 0) is 48.1 Å². The summed E-state index contributed by atoms with van der Waals surface area (Å²) in [6.45, 7) is 0.843. The number of carboxylic acids is 1. The Labute approximate surface area is 203 Å². The minimum absolute atomic E-state index is 0.110. The lowest BCUT2D eigenvalue weighted by molar-refractivity contribution is -0.139. The minimum atomic E-state index is -0.719. The third-order valence-electron chi connectivity index (χ3n) is 6.90. The van der Waals surface area contributed by atoms with Crippen LogP contribution in [-0.2, 0) is 29.7 Å². The highest BCUT2D eigenvalue weighted by atomic mass is 16.5. The highest BCUT2D eigenvalue weighted by molar-refractivity contribution is 5.93. The number of allylic oxidation sites excluding steroid dienone is 1. The number of nitrogens with one attached hydrogen (secondary N) is 2. The SMILES string of the molecule is COCc1cc(C(=O)NC2=CC(C3=C[C@@H]4[C@H](C3)[C@H]4C(=O)O)NN2Cc2ccc(OC)cc2)n(C)n1. The van der Waals surface area contributed by atoms with Crippen LogP contribution in [-0.4, -0.2) is 52.0 Å². The average Bonchev–Trinajstić information content (AvgIpc) is 3.15. The van der Waals surface area contributed by atoms with Crippen LogP contribution in [0.4, 0.5) is 0 Å². The molecule has 1 amide bonds. The van der Waals surface area contributed by atoms with Crippen LogP contribution >= 0.6 is 0 Å². The second-order valence-corrected chi connectivity index (χ2v) is 9.18. The molecule has 184 valence electrons. The largest absolute Gasteiger partial charge is 0.497 e. The average molecular weight is 480 g/mol. The van der Waals surface area contributed by atoms with Crippen molar-refractivity contribution in [3.05, 3.63) is 70.8 Å². The van der Waals surface area contributed by atoms with Crippen molar-refractivity contribution in [2.24, 2.45) is 24.8 Å². The number of amides is 1. The summed E-state index contributed by atoms with van der Waals surface area (Å²) in [5.41, 5.74) is 6.78. The number of hydrogen-bond acceptors (Lipinski definition) is 7. The normalized spacial score (nSPS) is 24.6. The van der Waals surface area contributed by atoms with E-state index < -0.39 is 5.97 Å². The summed E-state index contributed by atoms with van der Waals surface area (Å²) in [4.78, 5) is 24.5. The van der Waals surface area contributed by atoms with Gasteiger partial charge < -0.3 is 19.9 Å². The van der Waals surface area contributed by atoms with Gasteiger partial charge in [0.05, 0.1) is 37.9 Å². The molecule has 2 aromatic rings. The summed E-state index contributed by atoms with van der Waals surface area (Å²) in [5, 5.41) is 18.6. The van der Waals surface area contributed by atoms with E-state index in [0.29, 0.717) is 30.4 Å². The molecule has 1 aromatic heterocycles. The van der Waals surface area contributed by atoms with Crippen LogP contribution in [0.15, 0.2) is 53.9 Å². The lowest BCUT2D eigenvalue weighted by Crippen LogP contribution is -2.41. The lowest BCUT2D eigenvalue weighted by atomic mass is 10.0. The molecule has 1 saturated carbocycles. The molecule has 4 atom stereocenters. The highest BCUT2D eigenvalue weighted by Crippen LogP contribution is 2.57. The van der Waals surface area contributed by atoms with Gasteiger partial charge in [-0.25, -0.2) is 5.43 Å². The molecule has 0 spiro atoms. The Morgan fingerprint density at radius 1 is 1.23 bits per heavy atom. The van der Waals surface area contributed by atoms with Gasteiger partial charge >= 0.3 is 5.97 Å². The molecule has 2 heterocycles. The van der Waals surface area contributed by atoms with Gasteiger partial charge in [0.1, 0.15) is 17.3 Å². The van der Waals surface area contributed by atoms with E-state index in [4.69, 9.17) is 9.47 Å². The molecule has 3 aliphatic rings. The number of carbonyl (C=O) groups excluding carboxylic acids is 1. The molecule has 0 saturated heterocycles. The molecule has 3 N–H and O–H groups in total. The van der Waals surface area contributed by atoms with E-state index in [-0.39, 0.29) is 29.7 Å². The molecule has 2 aliphatic carbocycles. The van der Waals surface area contributed by atoms with Crippen LogP contribution in [0.25, 0.3) is 0 Å². The number of ether oxygens (including phenoxy) is 2. The summed E-state index contributed by atoms with van der Waals surface area (Å²) in [7, 11) is 4.94. The number of hydrazine groups is 1. The zero-order valence-corrected chi connectivity index (χ0v) is 19.9. The van der Waals surface area contributed by atoms with E-state index in [1.807, 2.05) is 35.4 Å². The first-order chi connectivity index (χ1) is 16.9. The molecule has 10 heteroatoms. The predicted octanol–water partition coefficient (Wildman–Crippen LogP) is 1.81. The molecule has 0 radical (unpaired) electrons. The summed E-state index contributed by atoms with van der Waals surface area (Å²) < 4.78 is 11.9. The number of aliphatic carboxylic acids is 1. The quantitative estimate of drug-likeness (QED) is 0.466. The lowest BCUT2D eigenvalue weighted by Gasteiger charge is -2.25. The third-order valence-corrected chi connectivity index (χ3v) is 6.90. The number of benzene rings is 1. The molecule has 0 bridgehead atoms. The van der Waals surface area contributed by atoms with Crippen molar-refractivity contribution in [1.29, 1.82) is 0 Å². The summed E-state index contributed by atoms with van der Waals surface area (Å²) in [6, 6.07) is 9.36. The van der Waals surface area contributed by atoms with Gasteiger partial charge in [0.15, 0.2) is 0 Å². The predicted molar refractivity (Wildman–Crippen MR) is 126 cm³/mol. The van der Waals surface area contributed by atoms with Gasteiger partial charge in [-0.3, -0.25) is 19.3 Å². The maximum Gasteiger partial charge on any atom is 0.307 e. The third kappa shape index (κ3) is 4.54. The van der Waals surface area contributed by atoms with Gasteiger partial charge in [0.25, 0.3) is 5.91 Å². The Hall–Kier alpha value is -3.63. The number of carbonyl (C=O) groups is 2. The van der Waals surface area contributed by atoms with E-state index in [0.717, 1.165) is 23.3 Å². The molecule has 35 heavy (non-hydrogen) atoms. The molecule has 1 aromatic carbocycles. The minimum Gasteiger partial charge on any atom is -0.497 e. The molecule has 1 unspecified atom stereocenters. The maximum absolute atomic E-state index is 13.1.